The lowest BCUT2D eigenvalue weighted by molar-refractivity contribution is 0.249. The number of rotatable bonds is 4. The number of hydrogen-bond donors (Lipinski definition) is 2. The van der Waals surface area contributed by atoms with E-state index in [1.807, 2.05) is 6.92 Å². The van der Waals surface area contributed by atoms with Gasteiger partial charge in [0.1, 0.15) is 0 Å². The highest BCUT2D eigenvalue weighted by atomic mass is 32.2. The van der Waals surface area contributed by atoms with Gasteiger partial charge in [-0.05, 0) is 36.8 Å². The fraction of sp³-hybridized carbons (Fsp3) is 0.200. The maximum Gasteiger partial charge on any atom is 0.319 e. The maximum absolute atomic E-state index is 11.9. The summed E-state index contributed by atoms with van der Waals surface area (Å²) in [4.78, 5) is 16.0. The van der Waals surface area contributed by atoms with Gasteiger partial charge in [0.25, 0.3) is 0 Å². The highest BCUT2D eigenvalue weighted by Crippen LogP contribution is 2.16. The van der Waals surface area contributed by atoms with Crippen molar-refractivity contribution in [3.63, 3.8) is 0 Å². The number of carbonyl (C=O) groups excluding carboxylic acids is 1. The Morgan fingerprint density at radius 2 is 1.86 bits per heavy atom. The molecule has 0 saturated heterocycles. The van der Waals surface area contributed by atoms with Crippen molar-refractivity contribution in [3.05, 3.63) is 54.4 Å². The van der Waals surface area contributed by atoms with Gasteiger partial charge in [-0.25, -0.2) is 13.2 Å². The number of urea groups is 1. The molecule has 7 heteroatoms. The molecule has 1 atom stereocenters. The van der Waals surface area contributed by atoms with E-state index in [1.54, 1.807) is 36.7 Å². The predicted octanol–water partition coefficient (Wildman–Crippen LogP) is 2.37. The minimum absolute atomic E-state index is 0.253. The maximum atomic E-state index is 11.9. The third kappa shape index (κ3) is 4.29. The minimum atomic E-state index is -3.22. The molecule has 0 saturated carbocycles. The number of benzene rings is 1. The Morgan fingerprint density at radius 1 is 1.18 bits per heavy atom. The van der Waals surface area contributed by atoms with E-state index in [1.165, 1.54) is 12.1 Å². The zero-order valence-corrected chi connectivity index (χ0v) is 13.1. The van der Waals surface area contributed by atoms with Gasteiger partial charge in [-0.2, -0.15) is 0 Å². The average molecular weight is 319 g/mol. The number of sulfone groups is 1. The minimum Gasteiger partial charge on any atom is -0.331 e. The molecule has 1 unspecified atom stereocenters. The number of hydrogen-bond acceptors (Lipinski definition) is 4. The summed E-state index contributed by atoms with van der Waals surface area (Å²) in [7, 11) is -3.22. The lowest BCUT2D eigenvalue weighted by Crippen LogP contribution is -2.31. The van der Waals surface area contributed by atoms with E-state index in [2.05, 4.69) is 15.6 Å². The molecule has 0 spiro atoms. The molecule has 1 aromatic heterocycles. The van der Waals surface area contributed by atoms with Gasteiger partial charge in [-0.15, -0.1) is 0 Å². The van der Waals surface area contributed by atoms with Crippen LogP contribution in [-0.4, -0.2) is 25.7 Å². The summed E-state index contributed by atoms with van der Waals surface area (Å²) in [5.41, 5.74) is 1.41. The van der Waals surface area contributed by atoms with Gasteiger partial charge in [-0.1, -0.05) is 12.1 Å². The molecule has 1 aromatic carbocycles. The van der Waals surface area contributed by atoms with Crippen LogP contribution in [0.2, 0.25) is 0 Å². The molecule has 2 N–H and O–H groups in total. The highest BCUT2D eigenvalue weighted by molar-refractivity contribution is 7.90. The van der Waals surface area contributed by atoms with Crippen LogP contribution in [0.4, 0.5) is 10.5 Å². The Hall–Kier alpha value is -2.41. The molecule has 0 radical (unpaired) electrons. The quantitative estimate of drug-likeness (QED) is 0.905. The second kappa shape index (κ2) is 6.57. The van der Waals surface area contributed by atoms with Gasteiger partial charge >= 0.3 is 6.03 Å². The summed E-state index contributed by atoms with van der Waals surface area (Å²) in [6.45, 7) is 1.82. The van der Waals surface area contributed by atoms with Crippen molar-refractivity contribution in [1.82, 2.24) is 10.3 Å². The van der Waals surface area contributed by atoms with Gasteiger partial charge in [0.15, 0.2) is 9.84 Å². The van der Waals surface area contributed by atoms with Crippen LogP contribution in [0.15, 0.2) is 53.7 Å². The number of aromatic nitrogens is 1. The molecule has 1 heterocycles. The molecule has 0 bridgehead atoms. The van der Waals surface area contributed by atoms with E-state index in [9.17, 15) is 13.2 Å². The lowest BCUT2D eigenvalue weighted by atomic mass is 10.1. The highest BCUT2D eigenvalue weighted by Gasteiger charge is 2.11. The molecule has 0 aliphatic carbocycles. The van der Waals surface area contributed by atoms with E-state index < -0.39 is 9.84 Å². The van der Waals surface area contributed by atoms with Crippen LogP contribution < -0.4 is 10.6 Å². The lowest BCUT2D eigenvalue weighted by Gasteiger charge is -2.15. The first-order valence-electron chi connectivity index (χ1n) is 6.64. The van der Waals surface area contributed by atoms with Gasteiger partial charge in [0.05, 0.1) is 22.8 Å². The zero-order chi connectivity index (χ0) is 16.2. The molecule has 2 rings (SSSR count). The summed E-state index contributed by atoms with van der Waals surface area (Å²) in [5.74, 6) is 0. The van der Waals surface area contributed by atoms with E-state index in [0.29, 0.717) is 5.69 Å². The van der Waals surface area contributed by atoms with E-state index in [0.717, 1.165) is 11.8 Å². The third-order valence-corrected chi connectivity index (χ3v) is 4.20. The average Bonchev–Trinajstić information content (AvgIpc) is 2.47. The zero-order valence-electron chi connectivity index (χ0n) is 12.3. The number of carbonyl (C=O) groups is 1. The van der Waals surface area contributed by atoms with Crippen molar-refractivity contribution in [2.45, 2.75) is 17.9 Å². The monoisotopic (exact) mass is 319 g/mol. The van der Waals surface area contributed by atoms with Gasteiger partial charge < -0.3 is 10.6 Å². The summed E-state index contributed by atoms with van der Waals surface area (Å²) in [6, 6.07) is 9.28. The van der Waals surface area contributed by atoms with Crippen LogP contribution in [0.5, 0.6) is 0 Å². The second-order valence-corrected chi connectivity index (χ2v) is 6.92. The Bertz CT molecular complexity index is 743. The molecule has 116 valence electrons. The third-order valence-electron chi connectivity index (χ3n) is 3.08. The van der Waals surface area contributed by atoms with Gasteiger partial charge in [0.2, 0.25) is 0 Å². The topological polar surface area (TPSA) is 88.2 Å². The normalized spacial score (nSPS) is 12.5. The van der Waals surface area contributed by atoms with Crippen molar-refractivity contribution in [2.75, 3.05) is 11.6 Å². The van der Waals surface area contributed by atoms with Crippen molar-refractivity contribution in [1.29, 1.82) is 0 Å². The Kier molecular flexibility index (Phi) is 4.77. The first-order valence-corrected chi connectivity index (χ1v) is 8.53. The van der Waals surface area contributed by atoms with Crippen LogP contribution in [0.1, 0.15) is 18.5 Å². The Balaban J connectivity index is 2.00. The van der Waals surface area contributed by atoms with Gasteiger partial charge in [-0.3, -0.25) is 4.98 Å². The van der Waals surface area contributed by atoms with E-state index >= 15 is 0 Å². The first-order chi connectivity index (χ1) is 10.4. The second-order valence-electron chi connectivity index (χ2n) is 4.90. The van der Waals surface area contributed by atoms with Crippen LogP contribution in [0.25, 0.3) is 0 Å². The summed E-state index contributed by atoms with van der Waals surface area (Å²) < 4.78 is 22.8. The van der Waals surface area contributed by atoms with E-state index in [-0.39, 0.29) is 17.0 Å². The standard InChI is InChI=1S/C15H17N3O3S/c1-11(12-5-7-14(8-6-12)22(2,20)21)17-15(19)18-13-4-3-9-16-10-13/h3-11H,1-2H3,(H2,17,18,19). The predicted molar refractivity (Wildman–Crippen MR) is 84.4 cm³/mol. The molecule has 22 heavy (non-hydrogen) atoms. The summed E-state index contributed by atoms with van der Waals surface area (Å²) >= 11 is 0. The SMILES string of the molecule is CC(NC(=O)Nc1cccnc1)c1ccc(S(C)(=O)=O)cc1. The van der Waals surface area contributed by atoms with E-state index in [4.69, 9.17) is 0 Å². The molecule has 0 aliphatic rings. The molecule has 2 amide bonds. The molecular weight excluding hydrogens is 302 g/mol. The number of nitrogens with zero attached hydrogens (tertiary/aromatic N) is 1. The number of nitrogens with one attached hydrogen (secondary N) is 2. The molecule has 0 fully saturated rings. The fourth-order valence-electron chi connectivity index (χ4n) is 1.89. The number of pyridine rings is 1. The summed E-state index contributed by atoms with van der Waals surface area (Å²) in [5, 5.41) is 5.45. The Labute approximate surface area is 129 Å². The van der Waals surface area contributed by atoms with Crippen molar-refractivity contribution >= 4 is 21.6 Å². The van der Waals surface area contributed by atoms with Crippen LogP contribution >= 0.6 is 0 Å². The first kappa shape index (κ1) is 16.0. The number of anilines is 1. The number of amides is 2. The fourth-order valence-corrected chi connectivity index (χ4v) is 2.52. The smallest absolute Gasteiger partial charge is 0.319 e. The van der Waals surface area contributed by atoms with Gasteiger partial charge in [0, 0.05) is 12.5 Å². The molecule has 6 nitrogen and oxygen atoms in total. The van der Waals surface area contributed by atoms with Crippen LogP contribution in [0, 0.1) is 0 Å². The molecule has 2 aromatic rings. The summed E-state index contributed by atoms with van der Waals surface area (Å²) in [6.07, 6.45) is 4.32. The Morgan fingerprint density at radius 3 is 2.41 bits per heavy atom. The van der Waals surface area contributed by atoms with Crippen molar-refractivity contribution in [3.8, 4) is 0 Å². The van der Waals surface area contributed by atoms with Crippen LogP contribution in [-0.2, 0) is 9.84 Å². The largest absolute Gasteiger partial charge is 0.331 e. The van der Waals surface area contributed by atoms with Crippen molar-refractivity contribution < 1.29 is 13.2 Å². The molecule has 0 aliphatic heterocycles. The molecular formula is C15H17N3O3S. The van der Waals surface area contributed by atoms with Crippen molar-refractivity contribution in [2.24, 2.45) is 0 Å². The van der Waals surface area contributed by atoms with Crippen LogP contribution in [0.3, 0.4) is 0 Å².